The van der Waals surface area contributed by atoms with Gasteiger partial charge in [0.05, 0.1) is 0 Å². The van der Waals surface area contributed by atoms with Gasteiger partial charge < -0.3 is 5.32 Å². The van der Waals surface area contributed by atoms with Crippen LogP contribution in [0.3, 0.4) is 0 Å². The summed E-state index contributed by atoms with van der Waals surface area (Å²) in [6.07, 6.45) is 1.76. The lowest BCUT2D eigenvalue weighted by molar-refractivity contribution is 0.0942. The maximum absolute atomic E-state index is 13.3. The molecular weight excluding hydrogens is 268 g/mol. The Bertz CT molecular complexity index is 395. The van der Waals surface area contributed by atoms with Crippen LogP contribution in [0.1, 0.15) is 23.2 Å². The molecule has 0 atom stereocenters. The van der Waals surface area contributed by atoms with Crippen molar-refractivity contribution >= 4 is 21.8 Å². The third-order valence-electron chi connectivity index (χ3n) is 2.15. The molecule has 1 aromatic carbocycles. The molecule has 1 amide bonds. The van der Waals surface area contributed by atoms with Crippen LogP contribution < -0.4 is 5.32 Å². The first kappa shape index (κ1) is 10.5. The summed E-state index contributed by atoms with van der Waals surface area (Å²) in [7, 11) is 0. The average Bonchev–Trinajstić information content (AvgIpc) is 2.85. The summed E-state index contributed by atoms with van der Waals surface area (Å²) >= 11 is 2.95. The Morgan fingerprint density at radius 2 is 1.87 bits per heavy atom. The van der Waals surface area contributed by atoms with Crippen molar-refractivity contribution in [3.8, 4) is 0 Å². The summed E-state index contributed by atoms with van der Waals surface area (Å²) in [5.74, 6) is -2.37. The van der Waals surface area contributed by atoms with Gasteiger partial charge >= 0.3 is 0 Å². The van der Waals surface area contributed by atoms with E-state index in [1.54, 1.807) is 0 Å². The lowest BCUT2D eigenvalue weighted by atomic mass is 10.2. The Balaban J connectivity index is 2.29. The van der Waals surface area contributed by atoms with Gasteiger partial charge in [-0.1, -0.05) is 15.9 Å². The van der Waals surface area contributed by atoms with Crippen LogP contribution in [0.2, 0.25) is 0 Å². The first-order valence-corrected chi connectivity index (χ1v) is 5.32. The van der Waals surface area contributed by atoms with Crippen LogP contribution >= 0.6 is 15.9 Å². The number of nitrogens with one attached hydrogen (secondary N) is 1. The molecule has 80 valence electrons. The van der Waals surface area contributed by atoms with E-state index in [1.165, 1.54) is 0 Å². The summed E-state index contributed by atoms with van der Waals surface area (Å²) in [5, 5.41) is 2.54. The van der Waals surface area contributed by atoms with Crippen molar-refractivity contribution in [2.24, 2.45) is 0 Å². The van der Waals surface area contributed by atoms with Gasteiger partial charge in [0.1, 0.15) is 17.2 Å². The SMILES string of the molecule is O=C(NC1CC1)c1c(F)cc(Br)cc1F. The molecule has 0 radical (unpaired) electrons. The van der Waals surface area contributed by atoms with Gasteiger partial charge in [0.25, 0.3) is 5.91 Å². The summed E-state index contributed by atoms with van der Waals surface area (Å²) < 4.78 is 26.9. The van der Waals surface area contributed by atoms with E-state index in [0.29, 0.717) is 0 Å². The van der Waals surface area contributed by atoms with Crippen molar-refractivity contribution in [3.05, 3.63) is 33.8 Å². The predicted octanol–water partition coefficient (Wildman–Crippen LogP) is 2.62. The fourth-order valence-electron chi connectivity index (χ4n) is 1.24. The molecule has 15 heavy (non-hydrogen) atoms. The van der Waals surface area contributed by atoms with E-state index < -0.39 is 23.1 Å². The summed E-state index contributed by atoms with van der Waals surface area (Å²) in [6.45, 7) is 0. The molecule has 1 aromatic rings. The van der Waals surface area contributed by atoms with E-state index in [1.807, 2.05) is 0 Å². The summed E-state index contributed by atoms with van der Waals surface area (Å²) in [6, 6.07) is 2.23. The molecule has 1 saturated carbocycles. The fraction of sp³-hybridized carbons (Fsp3) is 0.300. The normalized spacial score (nSPS) is 15.1. The van der Waals surface area contributed by atoms with Gasteiger partial charge in [-0.3, -0.25) is 4.79 Å². The second kappa shape index (κ2) is 3.89. The molecule has 0 unspecified atom stereocenters. The molecule has 0 spiro atoms. The van der Waals surface area contributed by atoms with Crippen molar-refractivity contribution in [2.75, 3.05) is 0 Å². The average molecular weight is 276 g/mol. The Kier molecular flexibility index (Phi) is 2.73. The molecule has 5 heteroatoms. The molecule has 0 heterocycles. The van der Waals surface area contributed by atoms with Crippen LogP contribution in [0.5, 0.6) is 0 Å². The molecule has 0 aliphatic heterocycles. The first-order chi connectivity index (χ1) is 7.08. The molecule has 0 saturated heterocycles. The van der Waals surface area contributed by atoms with Gasteiger partial charge in [-0.2, -0.15) is 0 Å². The molecule has 1 N–H and O–H groups in total. The highest BCUT2D eigenvalue weighted by Crippen LogP contribution is 2.22. The molecule has 2 nitrogen and oxygen atoms in total. The minimum atomic E-state index is -0.847. The zero-order valence-electron chi connectivity index (χ0n) is 7.69. The topological polar surface area (TPSA) is 29.1 Å². The summed E-state index contributed by atoms with van der Waals surface area (Å²) in [5.41, 5.74) is -0.509. The Hall–Kier alpha value is -0.970. The maximum Gasteiger partial charge on any atom is 0.257 e. The van der Waals surface area contributed by atoms with E-state index in [9.17, 15) is 13.6 Å². The van der Waals surface area contributed by atoms with Crippen LogP contribution in [0.25, 0.3) is 0 Å². The minimum Gasteiger partial charge on any atom is -0.349 e. The van der Waals surface area contributed by atoms with E-state index in [0.717, 1.165) is 25.0 Å². The molecular formula is C10H8BrF2NO. The number of rotatable bonds is 2. The van der Waals surface area contributed by atoms with Crippen LogP contribution in [0.4, 0.5) is 8.78 Å². The Morgan fingerprint density at radius 1 is 1.33 bits per heavy atom. The van der Waals surface area contributed by atoms with E-state index in [2.05, 4.69) is 21.2 Å². The standard InChI is InChI=1S/C10H8BrF2NO/c11-5-3-7(12)9(8(13)4-5)10(15)14-6-1-2-6/h3-4,6H,1-2H2,(H,14,15). The number of benzene rings is 1. The van der Waals surface area contributed by atoms with Gasteiger partial charge in [0.2, 0.25) is 0 Å². The van der Waals surface area contributed by atoms with Gasteiger partial charge in [-0.25, -0.2) is 8.78 Å². The third-order valence-corrected chi connectivity index (χ3v) is 2.60. The minimum absolute atomic E-state index is 0.0833. The lowest BCUT2D eigenvalue weighted by Gasteiger charge is -2.06. The number of hydrogen-bond donors (Lipinski definition) is 1. The van der Waals surface area contributed by atoms with Crippen molar-refractivity contribution in [3.63, 3.8) is 0 Å². The predicted molar refractivity (Wildman–Crippen MR) is 54.5 cm³/mol. The Morgan fingerprint density at radius 3 is 2.33 bits per heavy atom. The zero-order chi connectivity index (χ0) is 11.0. The van der Waals surface area contributed by atoms with Crippen LogP contribution in [0.15, 0.2) is 16.6 Å². The second-order valence-electron chi connectivity index (χ2n) is 3.49. The largest absolute Gasteiger partial charge is 0.349 e. The highest BCUT2D eigenvalue weighted by Gasteiger charge is 2.26. The molecule has 1 aliphatic carbocycles. The van der Waals surface area contributed by atoms with Crippen molar-refractivity contribution in [1.29, 1.82) is 0 Å². The van der Waals surface area contributed by atoms with Crippen molar-refractivity contribution < 1.29 is 13.6 Å². The maximum atomic E-state index is 13.3. The lowest BCUT2D eigenvalue weighted by Crippen LogP contribution is -2.27. The van der Waals surface area contributed by atoms with E-state index in [4.69, 9.17) is 0 Å². The number of carbonyl (C=O) groups is 1. The molecule has 0 aromatic heterocycles. The zero-order valence-corrected chi connectivity index (χ0v) is 9.27. The quantitative estimate of drug-likeness (QED) is 0.883. The van der Waals surface area contributed by atoms with Crippen LogP contribution in [-0.4, -0.2) is 11.9 Å². The molecule has 1 fully saturated rings. The second-order valence-corrected chi connectivity index (χ2v) is 4.41. The molecule has 0 bridgehead atoms. The van der Waals surface area contributed by atoms with Crippen molar-refractivity contribution in [1.82, 2.24) is 5.32 Å². The van der Waals surface area contributed by atoms with Crippen LogP contribution in [0, 0.1) is 11.6 Å². The van der Waals surface area contributed by atoms with Gasteiger partial charge in [-0.05, 0) is 25.0 Å². The van der Waals surface area contributed by atoms with Crippen LogP contribution in [-0.2, 0) is 0 Å². The third kappa shape index (κ3) is 2.34. The number of halogens is 3. The number of carbonyl (C=O) groups excluding carboxylic acids is 1. The van der Waals surface area contributed by atoms with Gasteiger partial charge in [-0.15, -0.1) is 0 Å². The number of amides is 1. The highest BCUT2D eigenvalue weighted by atomic mass is 79.9. The van der Waals surface area contributed by atoms with Gasteiger partial charge in [0.15, 0.2) is 0 Å². The van der Waals surface area contributed by atoms with E-state index in [-0.39, 0.29) is 10.5 Å². The first-order valence-electron chi connectivity index (χ1n) is 4.53. The monoisotopic (exact) mass is 275 g/mol. The smallest absolute Gasteiger partial charge is 0.257 e. The molecule has 2 rings (SSSR count). The van der Waals surface area contributed by atoms with Gasteiger partial charge in [0, 0.05) is 10.5 Å². The highest BCUT2D eigenvalue weighted by molar-refractivity contribution is 9.10. The molecule has 1 aliphatic rings. The fourth-order valence-corrected chi connectivity index (χ4v) is 1.65. The Labute approximate surface area is 93.8 Å². The summed E-state index contributed by atoms with van der Waals surface area (Å²) in [4.78, 5) is 11.4. The number of hydrogen-bond acceptors (Lipinski definition) is 1. The van der Waals surface area contributed by atoms with Crippen molar-refractivity contribution in [2.45, 2.75) is 18.9 Å². The van der Waals surface area contributed by atoms with E-state index >= 15 is 0 Å².